The molecule has 144 valence electrons. The zero-order chi connectivity index (χ0) is 19.5. The van der Waals surface area contributed by atoms with Crippen molar-refractivity contribution in [3.63, 3.8) is 0 Å². The van der Waals surface area contributed by atoms with Crippen molar-refractivity contribution in [1.29, 1.82) is 0 Å². The third-order valence-electron chi connectivity index (χ3n) is 3.97. The van der Waals surface area contributed by atoms with E-state index in [0.29, 0.717) is 23.6 Å². The van der Waals surface area contributed by atoms with E-state index >= 15 is 0 Å². The first-order valence-electron chi connectivity index (χ1n) is 9.12. The Hall–Kier alpha value is -2.60. The molecule has 0 radical (unpaired) electrons. The van der Waals surface area contributed by atoms with Gasteiger partial charge in [-0.05, 0) is 55.0 Å². The highest BCUT2D eigenvalue weighted by Crippen LogP contribution is 2.22. The molecular weight excluding hydrogens is 360 g/mol. The Bertz CT molecular complexity index is 747. The number of nitrogens with one attached hydrogen (secondary N) is 2. The van der Waals surface area contributed by atoms with Crippen molar-refractivity contribution in [3.8, 4) is 11.5 Å². The fourth-order valence-corrected chi connectivity index (χ4v) is 2.70. The van der Waals surface area contributed by atoms with E-state index in [4.69, 9.17) is 21.7 Å². The number of unbranched alkanes of at least 4 members (excludes halogenated alkanes) is 3. The van der Waals surface area contributed by atoms with Crippen molar-refractivity contribution in [1.82, 2.24) is 5.32 Å². The van der Waals surface area contributed by atoms with Crippen molar-refractivity contribution < 1.29 is 14.3 Å². The number of carbonyl (C=O) groups is 1. The molecule has 2 aromatic rings. The number of carbonyl (C=O) groups excluding carboxylic acids is 1. The summed E-state index contributed by atoms with van der Waals surface area (Å²) < 4.78 is 10.9. The SMILES string of the molecule is CCCCCCOc1ccc(C(=O)NC(=S)Nc2ccccc2OC)cc1. The number of anilines is 1. The minimum absolute atomic E-state index is 0.209. The Morgan fingerprint density at radius 2 is 1.78 bits per heavy atom. The Labute approximate surface area is 166 Å². The monoisotopic (exact) mass is 386 g/mol. The number of amides is 1. The molecule has 0 aromatic heterocycles. The molecular formula is C21H26N2O3S. The van der Waals surface area contributed by atoms with Gasteiger partial charge in [-0.15, -0.1) is 0 Å². The van der Waals surface area contributed by atoms with Crippen molar-refractivity contribution in [2.45, 2.75) is 32.6 Å². The molecule has 0 saturated heterocycles. The molecule has 0 unspecified atom stereocenters. The third kappa shape index (κ3) is 6.90. The van der Waals surface area contributed by atoms with Gasteiger partial charge in [-0.2, -0.15) is 0 Å². The van der Waals surface area contributed by atoms with E-state index < -0.39 is 0 Å². The maximum atomic E-state index is 12.3. The molecule has 0 spiro atoms. The van der Waals surface area contributed by atoms with Crippen LogP contribution in [0.2, 0.25) is 0 Å². The van der Waals surface area contributed by atoms with Crippen LogP contribution < -0.4 is 20.1 Å². The molecule has 27 heavy (non-hydrogen) atoms. The minimum Gasteiger partial charge on any atom is -0.495 e. The third-order valence-corrected chi connectivity index (χ3v) is 4.17. The molecule has 2 aromatic carbocycles. The van der Waals surface area contributed by atoms with E-state index in [0.717, 1.165) is 12.2 Å². The fraction of sp³-hybridized carbons (Fsp3) is 0.333. The second-order valence-corrected chi connectivity index (χ2v) is 6.45. The van der Waals surface area contributed by atoms with Gasteiger partial charge in [-0.3, -0.25) is 10.1 Å². The van der Waals surface area contributed by atoms with E-state index in [2.05, 4.69) is 17.6 Å². The number of para-hydroxylation sites is 2. The summed E-state index contributed by atoms with van der Waals surface area (Å²) in [5.41, 5.74) is 1.20. The minimum atomic E-state index is -0.281. The predicted octanol–water partition coefficient (Wildman–Crippen LogP) is 4.78. The van der Waals surface area contributed by atoms with Gasteiger partial charge in [0.1, 0.15) is 11.5 Å². The molecule has 0 atom stereocenters. The van der Waals surface area contributed by atoms with Crippen LogP contribution in [0.25, 0.3) is 0 Å². The normalized spacial score (nSPS) is 10.1. The lowest BCUT2D eigenvalue weighted by Crippen LogP contribution is -2.34. The highest BCUT2D eigenvalue weighted by atomic mass is 32.1. The molecule has 0 heterocycles. The van der Waals surface area contributed by atoms with Crippen LogP contribution in [0.5, 0.6) is 11.5 Å². The van der Waals surface area contributed by atoms with Crippen LogP contribution in [0.1, 0.15) is 43.0 Å². The second-order valence-electron chi connectivity index (χ2n) is 6.04. The van der Waals surface area contributed by atoms with Crippen LogP contribution in [-0.2, 0) is 0 Å². The van der Waals surface area contributed by atoms with E-state index in [1.54, 1.807) is 31.4 Å². The van der Waals surface area contributed by atoms with Crippen molar-refractivity contribution in [2.24, 2.45) is 0 Å². The Kier molecular flexibility index (Phi) is 8.58. The summed E-state index contributed by atoms with van der Waals surface area (Å²) in [7, 11) is 1.58. The quantitative estimate of drug-likeness (QED) is 0.480. The molecule has 0 fully saturated rings. The molecule has 2 rings (SSSR count). The van der Waals surface area contributed by atoms with Crippen LogP contribution in [0.4, 0.5) is 5.69 Å². The summed E-state index contributed by atoms with van der Waals surface area (Å²) in [6.07, 6.45) is 4.65. The van der Waals surface area contributed by atoms with Crippen molar-refractivity contribution in [3.05, 3.63) is 54.1 Å². The maximum absolute atomic E-state index is 12.3. The molecule has 2 N–H and O–H groups in total. The van der Waals surface area contributed by atoms with Gasteiger partial charge in [0.25, 0.3) is 5.91 Å². The van der Waals surface area contributed by atoms with Crippen LogP contribution >= 0.6 is 12.2 Å². The zero-order valence-electron chi connectivity index (χ0n) is 15.8. The summed E-state index contributed by atoms with van der Waals surface area (Å²) in [5.74, 6) is 1.13. The average molecular weight is 387 g/mol. The Morgan fingerprint density at radius 3 is 2.48 bits per heavy atom. The lowest BCUT2D eigenvalue weighted by atomic mass is 10.2. The molecule has 0 aliphatic rings. The topological polar surface area (TPSA) is 59.6 Å². The van der Waals surface area contributed by atoms with E-state index in [-0.39, 0.29) is 11.0 Å². The van der Waals surface area contributed by atoms with Gasteiger partial charge in [-0.1, -0.05) is 38.3 Å². The van der Waals surface area contributed by atoms with Crippen molar-refractivity contribution >= 4 is 28.9 Å². The molecule has 5 nitrogen and oxygen atoms in total. The standard InChI is InChI=1S/C21H26N2O3S/c1-3-4-5-8-15-26-17-13-11-16(12-14-17)20(24)23-21(27)22-18-9-6-7-10-19(18)25-2/h6-7,9-14H,3-5,8,15H2,1-2H3,(H2,22,23,24,27). The Balaban J connectivity index is 1.83. The summed E-state index contributed by atoms with van der Waals surface area (Å²) in [6.45, 7) is 2.88. The number of thiocarbonyl (C=S) groups is 1. The molecule has 6 heteroatoms. The highest BCUT2D eigenvalue weighted by Gasteiger charge is 2.10. The Morgan fingerprint density at radius 1 is 1.04 bits per heavy atom. The first-order chi connectivity index (χ1) is 13.1. The number of methoxy groups -OCH3 is 1. The van der Waals surface area contributed by atoms with E-state index in [1.165, 1.54) is 19.3 Å². The maximum Gasteiger partial charge on any atom is 0.257 e. The van der Waals surface area contributed by atoms with Gasteiger partial charge in [-0.25, -0.2) is 0 Å². The van der Waals surface area contributed by atoms with Crippen LogP contribution in [-0.4, -0.2) is 24.7 Å². The first-order valence-corrected chi connectivity index (χ1v) is 9.53. The number of hydrogen-bond donors (Lipinski definition) is 2. The smallest absolute Gasteiger partial charge is 0.257 e. The molecule has 0 aliphatic heterocycles. The predicted molar refractivity (Wildman–Crippen MR) is 113 cm³/mol. The highest BCUT2D eigenvalue weighted by molar-refractivity contribution is 7.80. The van der Waals surface area contributed by atoms with Crippen molar-refractivity contribution in [2.75, 3.05) is 19.0 Å². The summed E-state index contributed by atoms with van der Waals surface area (Å²) in [6, 6.07) is 14.4. The van der Waals surface area contributed by atoms with Crippen LogP contribution in [0.15, 0.2) is 48.5 Å². The lowest BCUT2D eigenvalue weighted by molar-refractivity contribution is 0.0977. The lowest BCUT2D eigenvalue weighted by Gasteiger charge is -2.12. The van der Waals surface area contributed by atoms with Crippen LogP contribution in [0.3, 0.4) is 0 Å². The second kappa shape index (κ2) is 11.2. The number of benzene rings is 2. The number of hydrogen-bond acceptors (Lipinski definition) is 4. The van der Waals surface area contributed by atoms with Gasteiger partial charge < -0.3 is 14.8 Å². The zero-order valence-corrected chi connectivity index (χ0v) is 16.6. The molecule has 0 saturated carbocycles. The molecule has 1 amide bonds. The van der Waals surface area contributed by atoms with E-state index in [1.807, 2.05) is 24.3 Å². The molecule has 0 aliphatic carbocycles. The fourth-order valence-electron chi connectivity index (χ4n) is 2.50. The van der Waals surface area contributed by atoms with Gasteiger partial charge in [0, 0.05) is 5.56 Å². The van der Waals surface area contributed by atoms with Gasteiger partial charge in [0.05, 0.1) is 19.4 Å². The van der Waals surface area contributed by atoms with Gasteiger partial charge in [0.15, 0.2) is 5.11 Å². The summed E-state index contributed by atoms with van der Waals surface area (Å²) in [4.78, 5) is 12.3. The van der Waals surface area contributed by atoms with Crippen LogP contribution in [0, 0.1) is 0 Å². The summed E-state index contributed by atoms with van der Waals surface area (Å²) >= 11 is 5.21. The largest absolute Gasteiger partial charge is 0.495 e. The number of rotatable bonds is 9. The summed E-state index contributed by atoms with van der Waals surface area (Å²) in [5, 5.41) is 5.84. The van der Waals surface area contributed by atoms with Gasteiger partial charge >= 0.3 is 0 Å². The molecule has 0 bridgehead atoms. The average Bonchev–Trinajstić information content (AvgIpc) is 2.68. The van der Waals surface area contributed by atoms with E-state index in [9.17, 15) is 4.79 Å². The first kappa shape index (κ1) is 20.7. The van der Waals surface area contributed by atoms with Gasteiger partial charge in [0.2, 0.25) is 0 Å². The number of ether oxygens (including phenoxy) is 2.